The number of para-hydroxylation sites is 2. The number of ether oxygens (including phenoxy) is 2. The van der Waals surface area contributed by atoms with Crippen molar-refractivity contribution in [2.45, 2.75) is 52.0 Å². The summed E-state index contributed by atoms with van der Waals surface area (Å²) in [5.74, 6) is 0.439. The Morgan fingerprint density at radius 1 is 0.791 bits per heavy atom. The zero-order chi connectivity index (χ0) is 30.4. The highest BCUT2D eigenvalue weighted by atomic mass is 16.5. The zero-order valence-corrected chi connectivity index (χ0v) is 25.8. The first-order valence-corrected chi connectivity index (χ1v) is 15.4. The second kappa shape index (κ2) is 16.5. The number of hydrogen-bond acceptors (Lipinski definition) is 4. The maximum atomic E-state index is 13.9. The maximum Gasteiger partial charge on any atom is 0.254 e. The molecule has 0 saturated heterocycles. The van der Waals surface area contributed by atoms with Crippen molar-refractivity contribution in [2.24, 2.45) is 0 Å². The van der Waals surface area contributed by atoms with Gasteiger partial charge in [-0.3, -0.25) is 9.59 Å². The van der Waals surface area contributed by atoms with Crippen LogP contribution in [-0.4, -0.2) is 67.1 Å². The van der Waals surface area contributed by atoms with Gasteiger partial charge >= 0.3 is 0 Å². The van der Waals surface area contributed by atoms with Crippen LogP contribution in [0.3, 0.4) is 0 Å². The summed E-state index contributed by atoms with van der Waals surface area (Å²) < 4.78 is 10.9. The number of aryl methyl sites for hydroxylation is 1. The van der Waals surface area contributed by atoms with Crippen molar-refractivity contribution in [3.63, 3.8) is 0 Å². The fourth-order valence-corrected chi connectivity index (χ4v) is 5.39. The first-order valence-electron chi connectivity index (χ1n) is 15.4. The van der Waals surface area contributed by atoms with E-state index in [1.54, 1.807) is 19.1 Å². The SMILES string of the molecule is CCCCCCc1ccc(C(=O)N(CCOC)CC(=O)N(CCc2c[nH]c3ccccc23)Cc2ccccc2OC)cc1. The molecule has 2 amide bonds. The lowest BCUT2D eigenvalue weighted by Gasteiger charge is -2.28. The molecule has 0 atom stereocenters. The lowest BCUT2D eigenvalue weighted by Crippen LogP contribution is -2.44. The van der Waals surface area contributed by atoms with Crippen LogP contribution in [0.4, 0.5) is 0 Å². The average molecular weight is 584 g/mol. The highest BCUT2D eigenvalue weighted by Crippen LogP contribution is 2.22. The molecule has 0 aliphatic carbocycles. The van der Waals surface area contributed by atoms with Gasteiger partial charge in [0.05, 0.1) is 13.7 Å². The Morgan fingerprint density at radius 2 is 1.56 bits per heavy atom. The summed E-state index contributed by atoms with van der Waals surface area (Å²) in [6, 6.07) is 23.7. The number of carbonyl (C=O) groups excluding carboxylic acids is 2. The topological polar surface area (TPSA) is 74.9 Å². The molecule has 43 heavy (non-hydrogen) atoms. The molecule has 0 saturated carbocycles. The van der Waals surface area contributed by atoms with Crippen LogP contribution in [0, 0.1) is 0 Å². The van der Waals surface area contributed by atoms with Gasteiger partial charge < -0.3 is 24.3 Å². The number of amides is 2. The molecule has 3 aromatic carbocycles. The highest BCUT2D eigenvalue weighted by Gasteiger charge is 2.23. The van der Waals surface area contributed by atoms with E-state index in [4.69, 9.17) is 9.47 Å². The Kier molecular flexibility index (Phi) is 12.2. The molecule has 7 nitrogen and oxygen atoms in total. The van der Waals surface area contributed by atoms with E-state index >= 15 is 0 Å². The van der Waals surface area contributed by atoms with E-state index in [1.807, 2.05) is 71.8 Å². The van der Waals surface area contributed by atoms with Crippen molar-refractivity contribution in [2.75, 3.05) is 40.5 Å². The van der Waals surface area contributed by atoms with E-state index in [0.29, 0.717) is 38.2 Å². The molecular weight excluding hydrogens is 538 g/mol. The van der Waals surface area contributed by atoms with Gasteiger partial charge in [-0.05, 0) is 54.7 Å². The van der Waals surface area contributed by atoms with Gasteiger partial charge in [0.2, 0.25) is 5.91 Å². The summed E-state index contributed by atoms with van der Waals surface area (Å²) in [4.78, 5) is 34.3. The number of nitrogens with one attached hydrogen (secondary N) is 1. The van der Waals surface area contributed by atoms with Crippen LogP contribution in [0.1, 0.15) is 59.7 Å². The van der Waals surface area contributed by atoms with Gasteiger partial charge in [0.25, 0.3) is 5.91 Å². The number of aromatic amines is 1. The molecule has 0 unspecified atom stereocenters. The van der Waals surface area contributed by atoms with E-state index in [-0.39, 0.29) is 18.4 Å². The third kappa shape index (κ3) is 8.94. The van der Waals surface area contributed by atoms with Crippen LogP contribution in [0.15, 0.2) is 79.0 Å². The summed E-state index contributed by atoms with van der Waals surface area (Å²) in [5.41, 5.74) is 4.95. The largest absolute Gasteiger partial charge is 0.496 e. The number of fused-ring (bicyclic) bond motifs is 1. The number of carbonyl (C=O) groups is 2. The minimum Gasteiger partial charge on any atom is -0.496 e. The van der Waals surface area contributed by atoms with Crippen molar-refractivity contribution in [3.05, 3.63) is 101 Å². The predicted molar refractivity (Wildman–Crippen MR) is 172 cm³/mol. The average Bonchev–Trinajstić information content (AvgIpc) is 3.46. The van der Waals surface area contributed by atoms with Crippen molar-refractivity contribution in [3.8, 4) is 5.75 Å². The summed E-state index contributed by atoms with van der Waals surface area (Å²) in [6.07, 6.45) is 8.52. The summed E-state index contributed by atoms with van der Waals surface area (Å²) >= 11 is 0. The first-order chi connectivity index (χ1) is 21.0. The lowest BCUT2D eigenvalue weighted by molar-refractivity contribution is -0.132. The van der Waals surface area contributed by atoms with Crippen molar-refractivity contribution >= 4 is 22.7 Å². The van der Waals surface area contributed by atoms with Gasteiger partial charge in [0.1, 0.15) is 12.3 Å². The molecule has 1 aromatic heterocycles. The van der Waals surface area contributed by atoms with Crippen LogP contribution >= 0.6 is 0 Å². The van der Waals surface area contributed by atoms with Gasteiger partial charge in [0.15, 0.2) is 0 Å². The Balaban J connectivity index is 1.50. The molecule has 228 valence electrons. The van der Waals surface area contributed by atoms with Crippen LogP contribution < -0.4 is 4.74 Å². The molecule has 0 fully saturated rings. The smallest absolute Gasteiger partial charge is 0.254 e. The summed E-state index contributed by atoms with van der Waals surface area (Å²) in [6.45, 7) is 3.72. The van der Waals surface area contributed by atoms with E-state index in [2.05, 4.69) is 24.0 Å². The highest BCUT2D eigenvalue weighted by molar-refractivity contribution is 5.96. The number of nitrogens with zero attached hydrogens (tertiary/aromatic N) is 2. The van der Waals surface area contributed by atoms with E-state index in [1.165, 1.54) is 24.8 Å². The molecule has 4 aromatic rings. The fraction of sp³-hybridized carbons (Fsp3) is 0.389. The van der Waals surface area contributed by atoms with E-state index < -0.39 is 0 Å². The standard InChI is InChI=1S/C36H45N3O4/c1-4-5-6-7-12-28-17-19-29(20-18-28)36(41)39(23-24-42-2)27-35(40)38(26-31-13-8-11-16-34(31)43-3)22-21-30-25-37-33-15-10-9-14-32(30)33/h8-11,13-20,25,37H,4-7,12,21-24,26-27H2,1-3H3. The zero-order valence-electron chi connectivity index (χ0n) is 25.8. The van der Waals surface area contributed by atoms with Crippen LogP contribution in [0.5, 0.6) is 5.75 Å². The Hall–Kier alpha value is -4.10. The molecule has 7 heteroatoms. The molecule has 0 spiro atoms. The van der Waals surface area contributed by atoms with Crippen molar-refractivity contribution < 1.29 is 19.1 Å². The van der Waals surface area contributed by atoms with Crippen LogP contribution in [-0.2, 0) is 28.9 Å². The molecule has 0 aliphatic rings. The number of rotatable bonds is 17. The fourth-order valence-electron chi connectivity index (χ4n) is 5.39. The third-order valence-corrected chi connectivity index (χ3v) is 7.93. The number of methoxy groups -OCH3 is 2. The summed E-state index contributed by atoms with van der Waals surface area (Å²) in [7, 11) is 3.24. The second-order valence-electron chi connectivity index (χ2n) is 11.0. The van der Waals surface area contributed by atoms with Gasteiger partial charge in [-0.2, -0.15) is 0 Å². The normalized spacial score (nSPS) is 11.0. The monoisotopic (exact) mass is 583 g/mol. The minimum absolute atomic E-state index is 0.0377. The van der Waals surface area contributed by atoms with Gasteiger partial charge in [-0.25, -0.2) is 0 Å². The first kappa shape index (κ1) is 31.8. The maximum absolute atomic E-state index is 13.9. The predicted octanol–water partition coefficient (Wildman–Crippen LogP) is 6.66. The van der Waals surface area contributed by atoms with Crippen LogP contribution in [0.25, 0.3) is 10.9 Å². The Labute approximate surface area is 255 Å². The van der Waals surface area contributed by atoms with Crippen LogP contribution in [0.2, 0.25) is 0 Å². The second-order valence-corrected chi connectivity index (χ2v) is 11.0. The van der Waals surface area contributed by atoms with Gasteiger partial charge in [0, 0.05) is 55.0 Å². The van der Waals surface area contributed by atoms with E-state index in [9.17, 15) is 9.59 Å². The molecule has 1 heterocycles. The van der Waals surface area contributed by atoms with E-state index in [0.717, 1.165) is 40.6 Å². The van der Waals surface area contributed by atoms with Gasteiger partial charge in [-0.1, -0.05) is 74.7 Å². The Morgan fingerprint density at radius 3 is 2.33 bits per heavy atom. The van der Waals surface area contributed by atoms with Crippen molar-refractivity contribution in [1.29, 1.82) is 0 Å². The minimum atomic E-state index is -0.170. The molecule has 4 rings (SSSR count). The molecule has 0 radical (unpaired) electrons. The molecular formula is C36H45N3O4. The van der Waals surface area contributed by atoms with Crippen molar-refractivity contribution in [1.82, 2.24) is 14.8 Å². The lowest BCUT2D eigenvalue weighted by atomic mass is 10.0. The number of H-pyrrole nitrogens is 1. The number of benzene rings is 3. The number of unbranched alkanes of at least 4 members (excludes halogenated alkanes) is 3. The van der Waals surface area contributed by atoms with Gasteiger partial charge in [-0.15, -0.1) is 0 Å². The molecule has 0 aliphatic heterocycles. The quantitative estimate of drug-likeness (QED) is 0.141. The third-order valence-electron chi connectivity index (χ3n) is 7.93. The summed E-state index contributed by atoms with van der Waals surface area (Å²) in [5, 5.41) is 1.15. The molecule has 0 bridgehead atoms. The number of hydrogen-bond donors (Lipinski definition) is 1. The Bertz CT molecular complexity index is 1450. The molecule has 1 N–H and O–H groups in total. The number of aromatic nitrogens is 1.